The second-order valence-electron chi connectivity index (χ2n) is 10.6. The van der Waals surface area contributed by atoms with Gasteiger partial charge in [0, 0.05) is 41.9 Å². The highest BCUT2D eigenvalue weighted by Crippen LogP contribution is 2.42. The predicted molar refractivity (Wildman–Crippen MR) is 162 cm³/mol. The number of hydrogen-bond acceptors (Lipinski definition) is 3. The molecule has 42 heavy (non-hydrogen) atoms. The van der Waals surface area contributed by atoms with Gasteiger partial charge in [0.1, 0.15) is 0 Å². The van der Waals surface area contributed by atoms with Crippen molar-refractivity contribution in [1.29, 1.82) is 0 Å². The van der Waals surface area contributed by atoms with Crippen molar-refractivity contribution in [3.63, 3.8) is 0 Å². The van der Waals surface area contributed by atoms with Crippen molar-refractivity contribution < 1.29 is 18.0 Å². The number of aryl methyl sites for hydroxylation is 3. The Morgan fingerprint density at radius 2 is 1.81 bits per heavy atom. The van der Waals surface area contributed by atoms with Gasteiger partial charge in [-0.3, -0.25) is 9.78 Å². The van der Waals surface area contributed by atoms with E-state index in [1.54, 1.807) is 12.3 Å². The van der Waals surface area contributed by atoms with Gasteiger partial charge in [-0.1, -0.05) is 24.3 Å². The maximum Gasteiger partial charge on any atom is 0.416 e. The molecule has 6 nitrogen and oxygen atoms in total. The van der Waals surface area contributed by atoms with Gasteiger partial charge in [-0.2, -0.15) is 13.2 Å². The number of benzene rings is 2. The Morgan fingerprint density at radius 3 is 2.52 bits per heavy atom. The average Bonchev–Trinajstić information content (AvgIpc) is 3.43. The van der Waals surface area contributed by atoms with E-state index >= 15 is 0 Å². The Morgan fingerprint density at radius 1 is 1.02 bits per heavy atom. The molecular weight excluding hydrogens is 559 g/mol. The number of nitrogens with one attached hydrogen (secondary N) is 2. The SMILES string of the molecule is Cc1ccc(C)c(NC(=O)CCN2C(=S)N[C@@H](c3ccccn3)[C@H]2c2cc(C)n(-c3cccc(C(F)(F)F)c3)c2C)c1. The van der Waals surface area contributed by atoms with E-state index in [9.17, 15) is 18.0 Å². The summed E-state index contributed by atoms with van der Waals surface area (Å²) in [4.78, 5) is 19.6. The van der Waals surface area contributed by atoms with Crippen LogP contribution in [0.1, 0.15) is 57.8 Å². The first-order chi connectivity index (χ1) is 19.9. The zero-order valence-electron chi connectivity index (χ0n) is 23.8. The smallest absolute Gasteiger partial charge is 0.352 e. The second-order valence-corrected chi connectivity index (χ2v) is 11.0. The molecule has 2 aromatic carbocycles. The zero-order chi connectivity index (χ0) is 30.2. The fraction of sp³-hybridized carbons (Fsp3) is 0.281. The molecule has 1 amide bonds. The predicted octanol–water partition coefficient (Wildman–Crippen LogP) is 7.13. The van der Waals surface area contributed by atoms with E-state index in [2.05, 4.69) is 15.6 Å². The van der Waals surface area contributed by atoms with Crippen LogP contribution in [-0.2, 0) is 11.0 Å². The zero-order valence-corrected chi connectivity index (χ0v) is 24.6. The number of aromatic nitrogens is 2. The molecule has 5 rings (SSSR count). The number of anilines is 1. The van der Waals surface area contributed by atoms with E-state index in [0.717, 1.165) is 51.6 Å². The first-order valence-electron chi connectivity index (χ1n) is 13.7. The monoisotopic (exact) mass is 591 g/mol. The van der Waals surface area contributed by atoms with Gasteiger partial charge in [0.25, 0.3) is 0 Å². The highest BCUT2D eigenvalue weighted by atomic mass is 32.1. The molecule has 2 aromatic heterocycles. The normalized spacial score (nSPS) is 16.9. The number of thiocarbonyl (C=S) groups is 1. The quantitative estimate of drug-likeness (QED) is 0.224. The lowest BCUT2D eigenvalue weighted by Gasteiger charge is -2.28. The fourth-order valence-corrected chi connectivity index (χ4v) is 5.93. The molecule has 10 heteroatoms. The third-order valence-electron chi connectivity index (χ3n) is 7.67. The number of alkyl halides is 3. The van der Waals surface area contributed by atoms with E-state index < -0.39 is 11.7 Å². The van der Waals surface area contributed by atoms with Crippen molar-refractivity contribution >= 4 is 28.9 Å². The van der Waals surface area contributed by atoms with E-state index in [1.165, 1.54) is 6.07 Å². The second kappa shape index (κ2) is 11.6. The summed E-state index contributed by atoms with van der Waals surface area (Å²) in [5.74, 6) is -0.138. The summed E-state index contributed by atoms with van der Waals surface area (Å²) >= 11 is 5.77. The molecule has 1 saturated heterocycles. The van der Waals surface area contributed by atoms with Crippen molar-refractivity contribution in [2.75, 3.05) is 11.9 Å². The van der Waals surface area contributed by atoms with Crippen molar-refractivity contribution in [3.8, 4) is 5.69 Å². The highest BCUT2D eigenvalue weighted by molar-refractivity contribution is 7.80. The summed E-state index contributed by atoms with van der Waals surface area (Å²) in [6, 6.07) is 18.2. The van der Waals surface area contributed by atoms with Crippen LogP contribution < -0.4 is 10.6 Å². The number of rotatable bonds is 7. The number of hydrogen-bond donors (Lipinski definition) is 2. The van der Waals surface area contributed by atoms with Gasteiger partial charge in [0.15, 0.2) is 5.11 Å². The topological polar surface area (TPSA) is 62.2 Å². The van der Waals surface area contributed by atoms with Gasteiger partial charge in [-0.25, -0.2) is 0 Å². The Labute approximate surface area is 248 Å². The fourth-order valence-electron chi connectivity index (χ4n) is 5.60. The molecule has 218 valence electrons. The van der Waals surface area contributed by atoms with E-state index in [1.807, 2.05) is 79.6 Å². The highest BCUT2D eigenvalue weighted by Gasteiger charge is 2.41. The summed E-state index contributed by atoms with van der Waals surface area (Å²) in [7, 11) is 0. The van der Waals surface area contributed by atoms with E-state index in [0.29, 0.717) is 17.3 Å². The number of nitrogens with zero attached hydrogens (tertiary/aromatic N) is 3. The van der Waals surface area contributed by atoms with Crippen molar-refractivity contribution in [1.82, 2.24) is 19.8 Å². The lowest BCUT2D eigenvalue weighted by molar-refractivity contribution is -0.137. The molecule has 0 spiro atoms. The minimum Gasteiger partial charge on any atom is -0.352 e. The largest absolute Gasteiger partial charge is 0.416 e. The van der Waals surface area contributed by atoms with Crippen molar-refractivity contribution in [2.45, 2.75) is 52.4 Å². The van der Waals surface area contributed by atoms with Crippen LogP contribution in [0.4, 0.5) is 18.9 Å². The molecule has 1 aliphatic rings. The molecule has 0 radical (unpaired) electrons. The first kappa shape index (κ1) is 29.3. The molecule has 4 aromatic rings. The average molecular weight is 592 g/mol. The van der Waals surface area contributed by atoms with Crippen LogP contribution in [0.3, 0.4) is 0 Å². The van der Waals surface area contributed by atoms with Gasteiger partial charge in [-0.05, 0) is 99.1 Å². The summed E-state index contributed by atoms with van der Waals surface area (Å²) in [6.07, 6.45) is -2.55. The molecule has 1 fully saturated rings. The molecule has 0 saturated carbocycles. The Bertz CT molecular complexity index is 1630. The van der Waals surface area contributed by atoms with Gasteiger partial charge in [-0.15, -0.1) is 0 Å². The van der Waals surface area contributed by atoms with Crippen LogP contribution in [-0.4, -0.2) is 32.0 Å². The third kappa shape index (κ3) is 5.90. The Balaban J connectivity index is 1.49. The summed E-state index contributed by atoms with van der Waals surface area (Å²) < 4.78 is 42.4. The summed E-state index contributed by atoms with van der Waals surface area (Å²) in [5.41, 5.74) is 5.75. The number of halogens is 3. The number of pyridine rings is 1. The van der Waals surface area contributed by atoms with Gasteiger partial charge in [0.05, 0.1) is 23.3 Å². The van der Waals surface area contributed by atoms with E-state index in [-0.39, 0.29) is 24.4 Å². The van der Waals surface area contributed by atoms with Gasteiger partial charge >= 0.3 is 6.18 Å². The number of carbonyl (C=O) groups excluding carboxylic acids is 1. The maximum atomic E-state index is 13.5. The number of amides is 1. The molecule has 2 atom stereocenters. The lowest BCUT2D eigenvalue weighted by Crippen LogP contribution is -2.33. The van der Waals surface area contributed by atoms with Crippen LogP contribution in [0.15, 0.2) is 72.9 Å². The summed E-state index contributed by atoms with van der Waals surface area (Å²) in [6.45, 7) is 8.02. The van der Waals surface area contributed by atoms with E-state index in [4.69, 9.17) is 12.2 Å². The standard InChI is InChI=1S/C32H32F3N5OS/c1-19-11-12-20(2)27(16-19)37-28(41)13-15-39-30(29(38-31(39)42)26-10-5-6-14-36-26)25-17-21(3)40(22(25)4)24-9-7-8-23(18-24)32(33,34)35/h5-12,14,16-18,29-30H,13,15H2,1-4H3,(H,37,41)(H,38,42)/t29-,30+/m0/s1. The third-order valence-corrected chi connectivity index (χ3v) is 8.02. The molecule has 0 unspecified atom stereocenters. The lowest BCUT2D eigenvalue weighted by atomic mass is 9.96. The van der Waals surface area contributed by atoms with Crippen molar-refractivity contribution in [3.05, 3.63) is 112 Å². The first-order valence-corrected chi connectivity index (χ1v) is 14.1. The molecule has 3 heterocycles. The van der Waals surface area contributed by atoms with Crippen LogP contribution in [0, 0.1) is 27.7 Å². The van der Waals surface area contributed by atoms with Crippen LogP contribution in [0.2, 0.25) is 0 Å². The summed E-state index contributed by atoms with van der Waals surface area (Å²) in [5, 5.41) is 6.89. The van der Waals surface area contributed by atoms with Gasteiger partial charge in [0.2, 0.25) is 5.91 Å². The molecular formula is C32H32F3N5OS. The Kier molecular flexibility index (Phi) is 8.10. The Hall–Kier alpha value is -4.18. The maximum absolute atomic E-state index is 13.5. The van der Waals surface area contributed by atoms with Crippen LogP contribution >= 0.6 is 12.2 Å². The molecule has 1 aliphatic heterocycles. The minimum atomic E-state index is -4.45. The molecule has 0 bridgehead atoms. The van der Waals surface area contributed by atoms with Crippen LogP contribution in [0.5, 0.6) is 0 Å². The van der Waals surface area contributed by atoms with Crippen molar-refractivity contribution in [2.24, 2.45) is 0 Å². The van der Waals surface area contributed by atoms with Crippen LogP contribution in [0.25, 0.3) is 5.69 Å². The minimum absolute atomic E-state index is 0.138. The molecule has 2 N–H and O–H groups in total. The number of carbonyl (C=O) groups is 1. The molecule has 0 aliphatic carbocycles. The van der Waals surface area contributed by atoms with Gasteiger partial charge < -0.3 is 20.1 Å².